The van der Waals surface area contributed by atoms with Gasteiger partial charge in [-0.2, -0.15) is 0 Å². The summed E-state index contributed by atoms with van der Waals surface area (Å²) in [6.45, 7) is 0.951. The van der Waals surface area contributed by atoms with E-state index in [4.69, 9.17) is 4.74 Å². The van der Waals surface area contributed by atoms with Gasteiger partial charge >= 0.3 is 0 Å². The van der Waals surface area contributed by atoms with E-state index < -0.39 is 0 Å². The maximum Gasteiger partial charge on any atom is 0.114 e. The smallest absolute Gasteiger partial charge is 0.114 e. The molecule has 1 heterocycles. The summed E-state index contributed by atoms with van der Waals surface area (Å²) in [5.41, 5.74) is 0. The minimum absolute atomic E-state index is 0.389. The zero-order valence-corrected chi connectivity index (χ0v) is 5.05. The predicted molar refractivity (Wildman–Crippen MR) is 32.6 cm³/mol. The third-order valence-electron chi connectivity index (χ3n) is 1.20. The van der Waals surface area contributed by atoms with Gasteiger partial charge in [0.05, 0.1) is 6.26 Å². The molecule has 46 valence electrons. The van der Waals surface area contributed by atoms with Gasteiger partial charge in [0.1, 0.15) is 6.10 Å². The first-order valence-corrected chi connectivity index (χ1v) is 2.88. The molecule has 1 aliphatic rings. The third kappa shape index (κ3) is 1.23. The predicted octanol–water partition coefficient (Wildman–Crippen LogP) is 0.508. The molecular weight excluding hydrogens is 102 g/mol. The van der Waals surface area contributed by atoms with Gasteiger partial charge in [0.15, 0.2) is 0 Å². The molecule has 0 spiro atoms. The van der Waals surface area contributed by atoms with Crippen molar-refractivity contribution in [2.75, 3.05) is 13.6 Å². The monoisotopic (exact) mass is 113 g/mol. The van der Waals surface area contributed by atoms with Gasteiger partial charge in [0.25, 0.3) is 0 Å². The average molecular weight is 113 g/mol. The fourth-order valence-electron chi connectivity index (χ4n) is 0.789. The number of nitrogens with one attached hydrogen (secondary N) is 1. The van der Waals surface area contributed by atoms with Gasteiger partial charge < -0.3 is 10.1 Å². The molecule has 1 atom stereocenters. The van der Waals surface area contributed by atoms with Crippen LogP contribution in [0.3, 0.4) is 0 Å². The van der Waals surface area contributed by atoms with Crippen LogP contribution in [0.25, 0.3) is 0 Å². The minimum atomic E-state index is 0.389. The van der Waals surface area contributed by atoms with Crippen molar-refractivity contribution in [3.8, 4) is 0 Å². The molecule has 0 bridgehead atoms. The van der Waals surface area contributed by atoms with E-state index in [-0.39, 0.29) is 0 Å². The number of hydrogen-bond acceptors (Lipinski definition) is 2. The summed E-state index contributed by atoms with van der Waals surface area (Å²) in [7, 11) is 1.93. The van der Waals surface area contributed by atoms with Crippen molar-refractivity contribution < 1.29 is 4.74 Å². The molecule has 0 saturated carbocycles. The zero-order valence-electron chi connectivity index (χ0n) is 5.05. The van der Waals surface area contributed by atoms with Crippen molar-refractivity contribution in [2.45, 2.75) is 12.5 Å². The van der Waals surface area contributed by atoms with Gasteiger partial charge in [-0.1, -0.05) is 0 Å². The number of rotatable bonds is 2. The van der Waals surface area contributed by atoms with Crippen molar-refractivity contribution in [1.29, 1.82) is 0 Å². The van der Waals surface area contributed by atoms with Crippen molar-refractivity contribution in [1.82, 2.24) is 5.32 Å². The summed E-state index contributed by atoms with van der Waals surface area (Å²) < 4.78 is 5.15. The van der Waals surface area contributed by atoms with E-state index in [1.807, 2.05) is 13.1 Å². The lowest BCUT2D eigenvalue weighted by Crippen LogP contribution is -2.22. The summed E-state index contributed by atoms with van der Waals surface area (Å²) >= 11 is 0. The topological polar surface area (TPSA) is 21.3 Å². The first-order valence-electron chi connectivity index (χ1n) is 2.88. The first-order chi connectivity index (χ1) is 3.93. The Morgan fingerprint density at radius 1 is 1.88 bits per heavy atom. The Bertz CT molecular complexity index is 82.5. The molecule has 2 nitrogen and oxygen atoms in total. The normalized spacial score (nSPS) is 25.9. The van der Waals surface area contributed by atoms with Crippen LogP contribution in [0.2, 0.25) is 0 Å². The maximum absolute atomic E-state index is 5.15. The third-order valence-corrected chi connectivity index (χ3v) is 1.20. The van der Waals surface area contributed by atoms with E-state index in [0.717, 1.165) is 13.0 Å². The van der Waals surface area contributed by atoms with E-state index in [1.54, 1.807) is 6.26 Å². The number of likely N-dealkylation sites (N-methyl/N-ethyl adjacent to an activating group) is 1. The second-order valence-corrected chi connectivity index (χ2v) is 1.92. The molecule has 0 aromatic rings. The number of hydrogen-bond donors (Lipinski definition) is 1. The molecule has 0 aliphatic carbocycles. The van der Waals surface area contributed by atoms with Crippen LogP contribution in [0.1, 0.15) is 6.42 Å². The molecule has 0 saturated heterocycles. The van der Waals surface area contributed by atoms with Crippen LogP contribution in [-0.2, 0) is 4.74 Å². The van der Waals surface area contributed by atoms with Crippen LogP contribution in [-0.4, -0.2) is 19.7 Å². The van der Waals surface area contributed by atoms with Gasteiger partial charge in [0, 0.05) is 13.0 Å². The fraction of sp³-hybridized carbons (Fsp3) is 0.667. The second-order valence-electron chi connectivity index (χ2n) is 1.92. The minimum Gasteiger partial charge on any atom is -0.497 e. The summed E-state index contributed by atoms with van der Waals surface area (Å²) in [4.78, 5) is 0. The lowest BCUT2D eigenvalue weighted by Gasteiger charge is -2.07. The van der Waals surface area contributed by atoms with Crippen molar-refractivity contribution in [3.63, 3.8) is 0 Å². The average Bonchev–Trinajstić information content (AvgIpc) is 2.19. The Hall–Kier alpha value is -0.500. The molecular formula is C6H11NO. The number of ether oxygens (including phenoxy) is 1. The Kier molecular flexibility index (Phi) is 1.92. The molecule has 0 aromatic carbocycles. The SMILES string of the molecule is CNCC1CC=CO1. The van der Waals surface area contributed by atoms with Crippen LogP contribution in [0.15, 0.2) is 12.3 Å². The molecule has 0 amide bonds. The van der Waals surface area contributed by atoms with E-state index in [0.29, 0.717) is 6.10 Å². The van der Waals surface area contributed by atoms with Crippen LogP contribution in [0.4, 0.5) is 0 Å². The van der Waals surface area contributed by atoms with Crippen molar-refractivity contribution in [2.24, 2.45) is 0 Å². The largest absolute Gasteiger partial charge is 0.497 e. The maximum atomic E-state index is 5.15. The highest BCUT2D eigenvalue weighted by Gasteiger charge is 2.07. The Morgan fingerprint density at radius 3 is 3.25 bits per heavy atom. The highest BCUT2D eigenvalue weighted by molar-refractivity contribution is 4.86. The first kappa shape index (κ1) is 5.63. The molecule has 0 radical (unpaired) electrons. The summed E-state index contributed by atoms with van der Waals surface area (Å²) in [6, 6.07) is 0. The lowest BCUT2D eigenvalue weighted by atomic mass is 10.3. The van der Waals surface area contributed by atoms with E-state index >= 15 is 0 Å². The van der Waals surface area contributed by atoms with E-state index in [9.17, 15) is 0 Å². The Balaban J connectivity index is 2.10. The van der Waals surface area contributed by atoms with Gasteiger partial charge in [-0.3, -0.25) is 0 Å². The highest BCUT2D eigenvalue weighted by atomic mass is 16.5. The lowest BCUT2D eigenvalue weighted by molar-refractivity contribution is 0.170. The molecule has 8 heavy (non-hydrogen) atoms. The molecule has 1 rings (SSSR count). The van der Waals surface area contributed by atoms with Gasteiger partial charge in [-0.15, -0.1) is 0 Å². The van der Waals surface area contributed by atoms with E-state index in [1.165, 1.54) is 0 Å². The van der Waals surface area contributed by atoms with Gasteiger partial charge in [-0.05, 0) is 13.1 Å². The summed E-state index contributed by atoms with van der Waals surface area (Å²) in [5, 5.41) is 3.04. The second kappa shape index (κ2) is 2.72. The van der Waals surface area contributed by atoms with E-state index in [2.05, 4.69) is 5.32 Å². The molecule has 2 heteroatoms. The molecule has 1 unspecified atom stereocenters. The van der Waals surface area contributed by atoms with Crippen molar-refractivity contribution in [3.05, 3.63) is 12.3 Å². The zero-order chi connectivity index (χ0) is 5.82. The highest BCUT2D eigenvalue weighted by Crippen LogP contribution is 2.06. The fourth-order valence-corrected chi connectivity index (χ4v) is 0.789. The van der Waals surface area contributed by atoms with Crippen LogP contribution in [0.5, 0.6) is 0 Å². The Morgan fingerprint density at radius 2 is 2.75 bits per heavy atom. The summed E-state index contributed by atoms with van der Waals surface area (Å²) in [5.74, 6) is 0. The van der Waals surface area contributed by atoms with Crippen LogP contribution >= 0.6 is 0 Å². The molecule has 0 fully saturated rings. The standard InChI is InChI=1S/C6H11NO/c1-7-5-6-3-2-4-8-6/h2,4,6-7H,3,5H2,1H3. The van der Waals surface area contributed by atoms with Crippen LogP contribution in [0, 0.1) is 0 Å². The molecule has 1 aliphatic heterocycles. The van der Waals surface area contributed by atoms with Crippen LogP contribution < -0.4 is 5.32 Å². The quantitative estimate of drug-likeness (QED) is 0.563. The molecule has 0 aromatic heterocycles. The van der Waals surface area contributed by atoms with Crippen molar-refractivity contribution >= 4 is 0 Å². The van der Waals surface area contributed by atoms with Gasteiger partial charge in [-0.25, -0.2) is 0 Å². The Labute approximate surface area is 49.5 Å². The van der Waals surface area contributed by atoms with Gasteiger partial charge in [0.2, 0.25) is 0 Å². The molecule has 1 N–H and O–H groups in total. The summed E-state index contributed by atoms with van der Waals surface area (Å²) in [6.07, 6.45) is 5.25.